The van der Waals surface area contributed by atoms with Crippen molar-refractivity contribution in [1.82, 2.24) is 14.5 Å². The summed E-state index contributed by atoms with van der Waals surface area (Å²) in [6.07, 6.45) is 5.24. The van der Waals surface area contributed by atoms with Crippen molar-refractivity contribution >= 4 is 11.0 Å². The molecule has 0 spiro atoms. The Morgan fingerprint density at radius 1 is 0.466 bits per heavy atom. The average molecular weight is 966 g/mol. The van der Waals surface area contributed by atoms with Crippen molar-refractivity contribution in [2.45, 2.75) is 175 Å². The van der Waals surface area contributed by atoms with Crippen molar-refractivity contribution in [1.29, 1.82) is 0 Å². The highest BCUT2D eigenvalue weighted by Crippen LogP contribution is 2.54. The molecular formula is C69H79N3O. The summed E-state index contributed by atoms with van der Waals surface area (Å²) in [6.45, 7) is 39.6. The molecule has 0 saturated heterocycles. The summed E-state index contributed by atoms with van der Waals surface area (Å²) in [5.41, 5.74) is 20.8. The van der Waals surface area contributed by atoms with Crippen LogP contribution in [0.1, 0.15) is 176 Å². The van der Waals surface area contributed by atoms with E-state index < -0.39 is 0 Å². The van der Waals surface area contributed by atoms with E-state index in [-0.39, 0.29) is 43.7 Å². The summed E-state index contributed by atoms with van der Waals surface area (Å²) in [4.78, 5) is 10.9. The van der Waals surface area contributed by atoms with Gasteiger partial charge in [0, 0.05) is 28.5 Å². The topological polar surface area (TPSA) is 50.9 Å². The third-order valence-electron chi connectivity index (χ3n) is 16.9. The minimum Gasteiger partial charge on any atom is -0.507 e. The number of aromatic hydroxyl groups is 1. The quantitative estimate of drug-likeness (QED) is 0.181. The lowest BCUT2D eigenvalue weighted by Crippen LogP contribution is -2.34. The molecule has 0 bridgehead atoms. The largest absolute Gasteiger partial charge is 0.507 e. The van der Waals surface area contributed by atoms with Crippen LogP contribution in [0, 0.1) is 0 Å². The lowest BCUT2D eigenvalue weighted by molar-refractivity contribution is 0.332. The fourth-order valence-corrected chi connectivity index (χ4v) is 12.5. The highest BCUT2D eigenvalue weighted by molar-refractivity contribution is 5.98. The molecule has 10 rings (SSSR count). The maximum absolute atomic E-state index is 12.9. The van der Waals surface area contributed by atoms with Crippen LogP contribution in [-0.2, 0) is 37.9 Å². The molecule has 376 valence electrons. The van der Waals surface area contributed by atoms with Crippen LogP contribution in [0.5, 0.6) is 5.75 Å². The molecule has 0 atom stereocenters. The van der Waals surface area contributed by atoms with Gasteiger partial charge in [-0.1, -0.05) is 190 Å². The number of phenols is 1. The average Bonchev–Trinajstić information content (AvgIpc) is 3.79. The first-order chi connectivity index (χ1) is 33.9. The number of rotatable bonds is 6. The summed E-state index contributed by atoms with van der Waals surface area (Å²) in [6, 6.07) is 45.3. The molecule has 2 aromatic heterocycles. The van der Waals surface area contributed by atoms with Crippen molar-refractivity contribution in [2.75, 3.05) is 0 Å². The molecule has 2 aliphatic carbocycles. The molecule has 0 saturated carbocycles. The first-order valence-electron chi connectivity index (χ1n) is 26.9. The maximum atomic E-state index is 12.9. The van der Waals surface area contributed by atoms with Crippen molar-refractivity contribution in [2.24, 2.45) is 0 Å². The van der Waals surface area contributed by atoms with E-state index in [1.165, 1.54) is 38.9 Å². The second-order valence-corrected chi connectivity index (χ2v) is 27.6. The van der Waals surface area contributed by atoms with Crippen LogP contribution in [0.25, 0.3) is 72.7 Å². The van der Waals surface area contributed by atoms with E-state index in [0.717, 1.165) is 92.0 Å². The minimum atomic E-state index is -0.338. The summed E-state index contributed by atoms with van der Waals surface area (Å²) >= 11 is 0. The fourth-order valence-electron chi connectivity index (χ4n) is 12.5. The van der Waals surface area contributed by atoms with Gasteiger partial charge in [0.1, 0.15) is 11.6 Å². The molecule has 2 aliphatic rings. The first kappa shape index (κ1) is 50.3. The molecule has 2 heterocycles. The van der Waals surface area contributed by atoms with Crippen molar-refractivity contribution in [3.8, 4) is 67.5 Å². The Bertz CT molecular complexity index is 3480. The predicted octanol–water partition coefficient (Wildman–Crippen LogP) is 18.7. The number of hydrogen-bond donors (Lipinski definition) is 1. The Balaban J connectivity index is 1.33. The van der Waals surface area contributed by atoms with Gasteiger partial charge >= 0.3 is 0 Å². The van der Waals surface area contributed by atoms with Gasteiger partial charge < -0.3 is 5.11 Å². The molecular weight excluding hydrogens is 887 g/mol. The zero-order valence-corrected chi connectivity index (χ0v) is 47.0. The second kappa shape index (κ2) is 16.9. The van der Waals surface area contributed by atoms with Gasteiger partial charge in [0.15, 0.2) is 0 Å². The molecule has 0 fully saturated rings. The Kier molecular flexibility index (Phi) is 11.6. The van der Waals surface area contributed by atoms with Gasteiger partial charge in [-0.05, 0) is 161 Å². The molecule has 0 amide bonds. The SMILES string of the molecule is CC(C)(C)c1cc(-c2cc(-c3ccccc3)ccn2)cc(-c2cccc3c2nc(-c2cc(C(C)(C)C)cc(C(C)(C)C)c2O)n3-c2cc3c(cc2-c2ccc4c(c2)C(C)(C)CC4(C)C)C(C)(C)CCC3(C)C)c1. The number of imidazole rings is 1. The summed E-state index contributed by atoms with van der Waals surface area (Å²) in [5, 5.41) is 12.9. The van der Waals surface area contributed by atoms with E-state index in [2.05, 4.69) is 244 Å². The Morgan fingerprint density at radius 2 is 1.08 bits per heavy atom. The van der Waals surface area contributed by atoms with E-state index in [1.54, 1.807) is 0 Å². The third kappa shape index (κ3) is 8.85. The van der Waals surface area contributed by atoms with Crippen LogP contribution < -0.4 is 0 Å². The zero-order valence-electron chi connectivity index (χ0n) is 47.0. The summed E-state index contributed by atoms with van der Waals surface area (Å²) in [7, 11) is 0. The normalized spacial score (nSPS) is 16.9. The highest BCUT2D eigenvalue weighted by atomic mass is 16.3. The number of fused-ring (bicyclic) bond motifs is 3. The molecule has 4 nitrogen and oxygen atoms in total. The molecule has 0 radical (unpaired) electrons. The molecule has 73 heavy (non-hydrogen) atoms. The van der Waals surface area contributed by atoms with Crippen LogP contribution in [0.3, 0.4) is 0 Å². The number of hydrogen-bond acceptors (Lipinski definition) is 3. The number of aromatic nitrogens is 3. The van der Waals surface area contributed by atoms with E-state index in [4.69, 9.17) is 9.97 Å². The van der Waals surface area contributed by atoms with Crippen molar-refractivity contribution in [3.63, 3.8) is 0 Å². The number of benzene rings is 6. The smallest absolute Gasteiger partial charge is 0.149 e. The Hall–Kier alpha value is -6.26. The number of phenolic OH excluding ortho intramolecular Hbond substituents is 1. The van der Waals surface area contributed by atoms with Crippen LogP contribution in [0.2, 0.25) is 0 Å². The number of nitrogens with zero attached hydrogens (tertiary/aromatic N) is 3. The van der Waals surface area contributed by atoms with Crippen LogP contribution in [0.15, 0.2) is 128 Å². The zero-order chi connectivity index (χ0) is 52.6. The number of pyridine rings is 1. The highest BCUT2D eigenvalue weighted by Gasteiger charge is 2.43. The minimum absolute atomic E-state index is 0.0186. The molecule has 0 unspecified atom stereocenters. The second-order valence-electron chi connectivity index (χ2n) is 27.6. The van der Waals surface area contributed by atoms with Crippen LogP contribution in [0.4, 0.5) is 0 Å². The summed E-state index contributed by atoms with van der Waals surface area (Å²) in [5.74, 6) is 1.01. The summed E-state index contributed by atoms with van der Waals surface area (Å²) < 4.78 is 2.42. The van der Waals surface area contributed by atoms with Crippen molar-refractivity contribution < 1.29 is 5.11 Å². The van der Waals surface area contributed by atoms with Crippen LogP contribution >= 0.6 is 0 Å². The van der Waals surface area contributed by atoms with Gasteiger partial charge in [-0.2, -0.15) is 0 Å². The van der Waals surface area contributed by atoms with E-state index in [0.29, 0.717) is 0 Å². The van der Waals surface area contributed by atoms with Gasteiger partial charge in [0.05, 0.1) is 28.0 Å². The molecule has 6 aromatic carbocycles. The first-order valence-corrected chi connectivity index (χ1v) is 26.9. The third-order valence-corrected chi connectivity index (χ3v) is 16.9. The number of para-hydroxylation sites is 1. The van der Waals surface area contributed by atoms with E-state index in [1.807, 2.05) is 6.20 Å². The van der Waals surface area contributed by atoms with Gasteiger partial charge in [-0.25, -0.2) is 4.98 Å². The lowest BCUT2D eigenvalue weighted by atomic mass is 9.62. The molecule has 4 heteroatoms. The fraction of sp³-hybridized carbons (Fsp3) is 0.391. The van der Waals surface area contributed by atoms with Crippen molar-refractivity contribution in [3.05, 3.63) is 166 Å². The van der Waals surface area contributed by atoms with E-state index >= 15 is 0 Å². The van der Waals surface area contributed by atoms with Gasteiger partial charge in [0.2, 0.25) is 0 Å². The van der Waals surface area contributed by atoms with Gasteiger partial charge in [-0.15, -0.1) is 0 Å². The van der Waals surface area contributed by atoms with Gasteiger partial charge in [-0.3, -0.25) is 9.55 Å². The Morgan fingerprint density at radius 3 is 1.74 bits per heavy atom. The Labute approximate surface area is 437 Å². The van der Waals surface area contributed by atoms with Crippen LogP contribution in [-0.4, -0.2) is 19.6 Å². The lowest BCUT2D eigenvalue weighted by Gasteiger charge is -2.42. The molecule has 1 N–H and O–H groups in total. The van der Waals surface area contributed by atoms with E-state index in [9.17, 15) is 5.11 Å². The predicted molar refractivity (Wildman–Crippen MR) is 310 cm³/mol. The monoisotopic (exact) mass is 966 g/mol. The van der Waals surface area contributed by atoms with Gasteiger partial charge in [0.25, 0.3) is 0 Å². The molecule has 0 aliphatic heterocycles. The maximum Gasteiger partial charge on any atom is 0.149 e. The molecule has 8 aromatic rings. The standard InChI is InChI=1S/C69H79N3O/c1-63(2,3)47-33-45(32-46(34-47)57-36-43(28-31-70-57)42-22-19-18-20-23-42)49-24-21-25-58-60(49)71-62(51-37-48(64(4,5)6)38-56(61(51)73)65(7,8)9)72(58)59-40-55-54(66(10,11)29-30-67(55,12)13)39-50(59)44-26-27-52-53(35-44)69(16,17)41-68(52,14)15/h18-28,31-40,73H,29-30,41H2,1-17H3.